The summed E-state index contributed by atoms with van der Waals surface area (Å²) in [5, 5.41) is 3.56. The average molecular weight is 224 g/mol. The minimum absolute atomic E-state index is 0.313. The van der Waals surface area contributed by atoms with Gasteiger partial charge in [-0.1, -0.05) is 20.8 Å². The highest BCUT2D eigenvalue weighted by molar-refractivity contribution is 7.98. The maximum Gasteiger partial charge on any atom is 0.0238 e. The Kier molecular flexibility index (Phi) is 7.29. The van der Waals surface area contributed by atoms with Crippen LogP contribution in [0.5, 0.6) is 0 Å². The second-order valence-corrected chi connectivity index (χ2v) is 5.71. The van der Waals surface area contributed by atoms with Gasteiger partial charge in [-0.05, 0) is 18.1 Å². The van der Waals surface area contributed by atoms with Crippen molar-refractivity contribution in [3.63, 3.8) is 0 Å². The molecule has 0 radical (unpaired) electrons. The molecule has 1 N–H and O–H groups in total. The van der Waals surface area contributed by atoms with Crippen molar-refractivity contribution in [1.29, 1.82) is 0 Å². The first kappa shape index (κ1) is 13.6. The molecule has 0 bridgehead atoms. The van der Waals surface area contributed by atoms with Crippen LogP contribution >= 0.6 is 23.4 Å². The second-order valence-electron chi connectivity index (χ2n) is 4.34. The summed E-state index contributed by atoms with van der Waals surface area (Å²) in [6.45, 7) is 7.86. The number of hydrogen-bond acceptors (Lipinski definition) is 2. The molecule has 0 aromatic rings. The van der Waals surface area contributed by atoms with Crippen LogP contribution in [-0.4, -0.2) is 30.5 Å². The van der Waals surface area contributed by atoms with E-state index < -0.39 is 0 Å². The fourth-order valence-corrected chi connectivity index (χ4v) is 1.83. The summed E-state index contributed by atoms with van der Waals surface area (Å²) < 4.78 is 0. The second kappa shape index (κ2) is 6.97. The van der Waals surface area contributed by atoms with E-state index in [1.54, 1.807) is 0 Å². The molecule has 0 rings (SSSR count). The van der Waals surface area contributed by atoms with Crippen molar-refractivity contribution in [2.75, 3.05) is 24.4 Å². The highest BCUT2D eigenvalue weighted by Crippen LogP contribution is 2.22. The molecule has 13 heavy (non-hydrogen) atoms. The normalized spacial score (nSPS) is 14.5. The molecule has 1 atom stereocenters. The molecule has 3 heteroatoms. The molecule has 0 saturated carbocycles. The zero-order chi connectivity index (χ0) is 10.3. The summed E-state index contributed by atoms with van der Waals surface area (Å²) in [5.74, 6) is 1.92. The van der Waals surface area contributed by atoms with Gasteiger partial charge in [-0.25, -0.2) is 0 Å². The van der Waals surface area contributed by atoms with Crippen molar-refractivity contribution in [3.8, 4) is 0 Å². The molecule has 0 spiro atoms. The third-order valence-electron chi connectivity index (χ3n) is 2.14. The predicted octanol–water partition coefficient (Wildman–Crippen LogP) is 2.98. The van der Waals surface area contributed by atoms with E-state index in [0.29, 0.717) is 11.5 Å². The number of thioether (sulfide) groups is 1. The van der Waals surface area contributed by atoms with Crippen molar-refractivity contribution in [2.24, 2.45) is 5.41 Å². The minimum Gasteiger partial charge on any atom is -0.313 e. The Bertz CT molecular complexity index is 123. The third kappa shape index (κ3) is 6.64. The molecular formula is C10H22ClNS. The third-order valence-corrected chi connectivity index (χ3v) is 2.97. The van der Waals surface area contributed by atoms with E-state index >= 15 is 0 Å². The summed E-state index contributed by atoms with van der Waals surface area (Å²) in [5.41, 5.74) is 0.313. The summed E-state index contributed by atoms with van der Waals surface area (Å²) in [4.78, 5) is 0. The van der Waals surface area contributed by atoms with E-state index in [1.807, 2.05) is 11.8 Å². The first-order valence-corrected chi connectivity index (χ1v) is 6.73. The van der Waals surface area contributed by atoms with E-state index in [4.69, 9.17) is 11.6 Å². The molecule has 0 heterocycles. The summed E-state index contributed by atoms with van der Waals surface area (Å²) in [6, 6.07) is 0.539. The van der Waals surface area contributed by atoms with Gasteiger partial charge in [0.05, 0.1) is 0 Å². The van der Waals surface area contributed by atoms with Crippen molar-refractivity contribution >= 4 is 23.4 Å². The fourth-order valence-electron chi connectivity index (χ4n) is 1.29. The van der Waals surface area contributed by atoms with Gasteiger partial charge in [0.2, 0.25) is 0 Å². The van der Waals surface area contributed by atoms with Crippen molar-refractivity contribution < 1.29 is 0 Å². The monoisotopic (exact) mass is 223 g/mol. The van der Waals surface area contributed by atoms with E-state index in [1.165, 1.54) is 5.75 Å². The van der Waals surface area contributed by atoms with Crippen LogP contribution in [0.4, 0.5) is 0 Å². The first-order valence-electron chi connectivity index (χ1n) is 4.80. The highest BCUT2D eigenvalue weighted by atomic mass is 35.5. The molecule has 1 unspecified atom stereocenters. The maximum atomic E-state index is 5.77. The molecule has 0 aliphatic carbocycles. The van der Waals surface area contributed by atoms with E-state index in [0.717, 1.165) is 18.8 Å². The molecule has 1 nitrogen and oxygen atoms in total. The van der Waals surface area contributed by atoms with Gasteiger partial charge in [0.1, 0.15) is 0 Å². The van der Waals surface area contributed by atoms with Gasteiger partial charge in [-0.3, -0.25) is 0 Å². The molecule has 0 aliphatic heterocycles. The van der Waals surface area contributed by atoms with E-state index in [9.17, 15) is 0 Å². The first-order chi connectivity index (χ1) is 6.02. The Hall–Kier alpha value is 0.600. The van der Waals surface area contributed by atoms with Crippen LogP contribution in [0, 0.1) is 5.41 Å². The molecule has 0 saturated heterocycles. The molecule has 0 amide bonds. The molecular weight excluding hydrogens is 202 g/mol. The SMILES string of the molecule is CSCCNC(CCCl)C(C)(C)C. The molecule has 0 aromatic heterocycles. The summed E-state index contributed by atoms with van der Waals surface area (Å²) >= 11 is 7.65. The summed E-state index contributed by atoms with van der Waals surface area (Å²) in [7, 11) is 0. The van der Waals surface area contributed by atoms with Crippen LogP contribution in [0.3, 0.4) is 0 Å². The van der Waals surface area contributed by atoms with Crippen LogP contribution < -0.4 is 5.32 Å². The number of rotatable bonds is 6. The van der Waals surface area contributed by atoms with Gasteiger partial charge in [-0.15, -0.1) is 11.6 Å². The number of alkyl halides is 1. The van der Waals surface area contributed by atoms with Gasteiger partial charge in [0, 0.05) is 24.2 Å². The van der Waals surface area contributed by atoms with Gasteiger partial charge >= 0.3 is 0 Å². The van der Waals surface area contributed by atoms with Crippen LogP contribution in [0.25, 0.3) is 0 Å². The quantitative estimate of drug-likeness (QED) is 0.549. The Labute approximate surface area is 92.0 Å². The van der Waals surface area contributed by atoms with E-state index in [-0.39, 0.29) is 0 Å². The highest BCUT2D eigenvalue weighted by Gasteiger charge is 2.22. The topological polar surface area (TPSA) is 12.0 Å². The summed E-state index contributed by atoms with van der Waals surface area (Å²) in [6.07, 6.45) is 3.19. The van der Waals surface area contributed by atoms with E-state index in [2.05, 4.69) is 32.3 Å². The van der Waals surface area contributed by atoms with Crippen molar-refractivity contribution in [2.45, 2.75) is 33.2 Å². The zero-order valence-electron chi connectivity index (χ0n) is 9.19. The van der Waals surface area contributed by atoms with Crippen LogP contribution in [0.1, 0.15) is 27.2 Å². The lowest BCUT2D eigenvalue weighted by molar-refractivity contribution is 0.266. The van der Waals surface area contributed by atoms with Gasteiger partial charge < -0.3 is 5.32 Å². The fraction of sp³-hybridized carbons (Fsp3) is 1.00. The van der Waals surface area contributed by atoms with Crippen LogP contribution in [0.2, 0.25) is 0 Å². The Morgan fingerprint density at radius 2 is 2.00 bits per heavy atom. The lowest BCUT2D eigenvalue weighted by atomic mass is 9.85. The molecule has 0 aliphatic rings. The van der Waals surface area contributed by atoms with Crippen molar-refractivity contribution in [1.82, 2.24) is 5.32 Å². The average Bonchev–Trinajstić information content (AvgIpc) is 2.01. The van der Waals surface area contributed by atoms with Crippen molar-refractivity contribution in [3.05, 3.63) is 0 Å². The smallest absolute Gasteiger partial charge is 0.0238 e. The van der Waals surface area contributed by atoms with Gasteiger partial charge in [0.15, 0.2) is 0 Å². The Morgan fingerprint density at radius 3 is 2.38 bits per heavy atom. The largest absolute Gasteiger partial charge is 0.313 e. The standard InChI is InChI=1S/C10H22ClNS/c1-10(2,3)9(5-6-11)12-7-8-13-4/h9,12H,5-8H2,1-4H3. The van der Waals surface area contributed by atoms with Gasteiger partial charge in [0.25, 0.3) is 0 Å². The number of halogens is 1. The number of nitrogens with one attached hydrogen (secondary N) is 1. The minimum atomic E-state index is 0.313. The predicted molar refractivity (Wildman–Crippen MR) is 65.0 cm³/mol. The molecule has 0 aromatic carbocycles. The Balaban J connectivity index is 3.81. The molecule has 80 valence electrons. The lowest BCUT2D eigenvalue weighted by Crippen LogP contribution is -2.41. The van der Waals surface area contributed by atoms with Crippen LogP contribution in [-0.2, 0) is 0 Å². The zero-order valence-corrected chi connectivity index (χ0v) is 10.8. The maximum absolute atomic E-state index is 5.77. The van der Waals surface area contributed by atoms with Gasteiger partial charge in [-0.2, -0.15) is 11.8 Å². The number of hydrogen-bond donors (Lipinski definition) is 1. The van der Waals surface area contributed by atoms with Crippen LogP contribution in [0.15, 0.2) is 0 Å². The lowest BCUT2D eigenvalue weighted by Gasteiger charge is -2.31. The molecule has 0 fully saturated rings. The Morgan fingerprint density at radius 1 is 1.38 bits per heavy atom.